The summed E-state index contributed by atoms with van der Waals surface area (Å²) >= 11 is 0. The van der Waals surface area contributed by atoms with Crippen molar-refractivity contribution >= 4 is 6.03 Å². The lowest BCUT2D eigenvalue weighted by atomic mass is 9.86. The van der Waals surface area contributed by atoms with Crippen LogP contribution in [0.5, 0.6) is 0 Å². The Morgan fingerprint density at radius 1 is 1.17 bits per heavy atom. The molecule has 2 heterocycles. The van der Waals surface area contributed by atoms with Crippen molar-refractivity contribution in [2.75, 3.05) is 40.3 Å². The van der Waals surface area contributed by atoms with Crippen LogP contribution in [-0.2, 0) is 0 Å². The van der Waals surface area contributed by atoms with Crippen molar-refractivity contribution in [2.24, 2.45) is 17.8 Å². The van der Waals surface area contributed by atoms with E-state index in [1.54, 1.807) is 25.1 Å². The second-order valence-corrected chi connectivity index (χ2v) is 9.27. The molecule has 29 heavy (non-hydrogen) atoms. The Labute approximate surface area is 170 Å². The Hall–Kier alpha value is -1.76. The van der Waals surface area contributed by atoms with E-state index in [0.717, 1.165) is 25.2 Å². The summed E-state index contributed by atoms with van der Waals surface area (Å²) in [6.07, 6.45) is 1.15. The van der Waals surface area contributed by atoms with E-state index >= 15 is 0 Å². The van der Waals surface area contributed by atoms with Crippen LogP contribution in [0.15, 0.2) is 24.3 Å². The first-order chi connectivity index (χ1) is 13.7. The topological polar surface area (TPSA) is 26.8 Å². The molecule has 0 bridgehead atoms. The molecule has 3 fully saturated rings. The second kappa shape index (κ2) is 7.82. The minimum atomic E-state index is -2.49. The average Bonchev–Trinajstić information content (AvgIpc) is 3.19. The molecule has 1 saturated carbocycles. The molecule has 3 aliphatic rings. The third-order valence-corrected chi connectivity index (χ3v) is 6.91. The number of benzene rings is 1. The number of hydrogen-bond acceptors (Lipinski definition) is 2. The Morgan fingerprint density at radius 2 is 1.90 bits per heavy atom. The molecule has 2 saturated heterocycles. The molecule has 4 nitrogen and oxygen atoms in total. The van der Waals surface area contributed by atoms with Crippen LogP contribution in [0.1, 0.15) is 37.3 Å². The number of carbonyl (C=O) groups excluding carboxylic acids is 1. The molecule has 1 aromatic rings. The van der Waals surface area contributed by atoms with E-state index in [1.807, 2.05) is 11.0 Å². The summed E-state index contributed by atoms with van der Waals surface area (Å²) in [6, 6.07) is 6.37. The third-order valence-electron chi connectivity index (χ3n) is 6.91. The van der Waals surface area contributed by atoms with Gasteiger partial charge in [-0.15, -0.1) is 0 Å². The molecule has 4 rings (SSSR count). The van der Waals surface area contributed by atoms with Crippen LogP contribution in [0.3, 0.4) is 0 Å². The van der Waals surface area contributed by atoms with E-state index < -0.39 is 5.92 Å². The zero-order valence-electron chi connectivity index (χ0n) is 17.2. The van der Waals surface area contributed by atoms with Gasteiger partial charge in [0.1, 0.15) is 5.82 Å². The molecule has 0 aromatic heterocycles. The lowest BCUT2D eigenvalue weighted by Crippen LogP contribution is -2.42. The van der Waals surface area contributed by atoms with Crippen LogP contribution >= 0.6 is 0 Å². The lowest BCUT2D eigenvalue weighted by molar-refractivity contribution is -0.0485. The zero-order valence-corrected chi connectivity index (χ0v) is 17.2. The number of urea groups is 1. The molecular weight excluding hydrogens is 379 g/mol. The maximum absolute atomic E-state index is 13.9. The van der Waals surface area contributed by atoms with E-state index in [-0.39, 0.29) is 36.6 Å². The van der Waals surface area contributed by atoms with Crippen LogP contribution < -0.4 is 0 Å². The first-order valence-corrected chi connectivity index (χ1v) is 10.6. The van der Waals surface area contributed by atoms with Gasteiger partial charge < -0.3 is 14.7 Å². The van der Waals surface area contributed by atoms with Crippen molar-refractivity contribution in [1.29, 1.82) is 0 Å². The van der Waals surface area contributed by atoms with Crippen molar-refractivity contribution in [3.63, 3.8) is 0 Å². The summed E-state index contributed by atoms with van der Waals surface area (Å²) < 4.78 is 40.8. The monoisotopic (exact) mass is 409 g/mol. The Bertz CT molecular complexity index is 747. The van der Waals surface area contributed by atoms with Crippen molar-refractivity contribution < 1.29 is 18.0 Å². The van der Waals surface area contributed by atoms with Crippen LogP contribution in [0.25, 0.3) is 0 Å². The summed E-state index contributed by atoms with van der Waals surface area (Å²) in [6.45, 7) is 3.21. The van der Waals surface area contributed by atoms with Gasteiger partial charge >= 0.3 is 6.03 Å². The first kappa shape index (κ1) is 20.5. The number of carbonyl (C=O) groups is 1. The molecule has 7 heteroatoms. The number of nitrogens with zero attached hydrogens (tertiary/aromatic N) is 3. The Morgan fingerprint density at radius 3 is 2.55 bits per heavy atom. The molecule has 1 aliphatic carbocycles. The van der Waals surface area contributed by atoms with Gasteiger partial charge in [0.2, 0.25) is 5.92 Å². The van der Waals surface area contributed by atoms with E-state index in [9.17, 15) is 18.0 Å². The average molecular weight is 409 g/mol. The van der Waals surface area contributed by atoms with Crippen LogP contribution in [0.4, 0.5) is 18.0 Å². The fourth-order valence-corrected chi connectivity index (χ4v) is 5.51. The van der Waals surface area contributed by atoms with Gasteiger partial charge in [0, 0.05) is 59.0 Å². The molecule has 2 amide bonds. The highest BCUT2D eigenvalue weighted by atomic mass is 19.3. The lowest BCUT2D eigenvalue weighted by Gasteiger charge is -2.34. The van der Waals surface area contributed by atoms with Crippen LogP contribution in [0, 0.1) is 23.6 Å². The number of halogens is 3. The van der Waals surface area contributed by atoms with Gasteiger partial charge in [0.05, 0.1) is 6.04 Å². The van der Waals surface area contributed by atoms with Gasteiger partial charge in [0.25, 0.3) is 0 Å². The Balaban J connectivity index is 1.48. The molecule has 0 spiro atoms. The molecule has 1 aromatic carbocycles. The predicted octanol–water partition coefficient (Wildman–Crippen LogP) is 4.24. The first-order valence-electron chi connectivity index (χ1n) is 10.6. The highest BCUT2D eigenvalue weighted by Gasteiger charge is 2.50. The largest absolute Gasteiger partial charge is 0.331 e. The summed E-state index contributed by atoms with van der Waals surface area (Å²) in [5, 5.41) is 0. The Kier molecular flexibility index (Phi) is 5.53. The fraction of sp³-hybridized carbons (Fsp3) is 0.682. The minimum Gasteiger partial charge on any atom is -0.331 e. The van der Waals surface area contributed by atoms with Gasteiger partial charge in [-0.05, 0) is 42.4 Å². The number of rotatable bonds is 3. The molecule has 3 atom stereocenters. The normalized spacial score (nSPS) is 29.8. The van der Waals surface area contributed by atoms with Crippen molar-refractivity contribution in [2.45, 2.75) is 37.6 Å². The van der Waals surface area contributed by atoms with E-state index in [0.29, 0.717) is 31.2 Å². The van der Waals surface area contributed by atoms with E-state index in [4.69, 9.17) is 0 Å². The maximum atomic E-state index is 13.9. The van der Waals surface area contributed by atoms with Gasteiger partial charge in [-0.2, -0.15) is 0 Å². The standard InChI is InChI=1S/C22H30F3N3O/c1-26(2)21(29)28-13-17-12-27(11-15-6-8-22(24,25)9-7-15)14-19(17)20(28)16-4-3-5-18(23)10-16/h3-5,10,15,17,19-20H,6-9,11-14H2,1-2H3/t17-,19-,20-/m1/s1. The molecule has 0 N–H and O–H groups in total. The maximum Gasteiger partial charge on any atom is 0.320 e. The molecule has 2 aliphatic heterocycles. The second-order valence-electron chi connectivity index (χ2n) is 9.27. The highest BCUT2D eigenvalue weighted by molar-refractivity contribution is 5.75. The van der Waals surface area contributed by atoms with Crippen LogP contribution in [-0.4, -0.2) is 66.9 Å². The summed E-state index contributed by atoms with van der Waals surface area (Å²) in [4.78, 5) is 18.6. The smallest absolute Gasteiger partial charge is 0.320 e. The predicted molar refractivity (Wildman–Crippen MR) is 105 cm³/mol. The zero-order chi connectivity index (χ0) is 20.8. The third kappa shape index (κ3) is 4.25. The van der Waals surface area contributed by atoms with E-state index in [2.05, 4.69) is 4.90 Å². The van der Waals surface area contributed by atoms with Crippen molar-refractivity contribution in [3.8, 4) is 0 Å². The number of fused-ring (bicyclic) bond motifs is 1. The molecule has 0 radical (unpaired) electrons. The van der Waals surface area contributed by atoms with E-state index in [1.165, 1.54) is 12.1 Å². The van der Waals surface area contributed by atoms with Gasteiger partial charge in [-0.1, -0.05) is 12.1 Å². The number of hydrogen-bond donors (Lipinski definition) is 0. The quantitative estimate of drug-likeness (QED) is 0.747. The van der Waals surface area contributed by atoms with Gasteiger partial charge in [-0.3, -0.25) is 0 Å². The highest BCUT2D eigenvalue weighted by Crippen LogP contribution is 2.46. The summed E-state index contributed by atoms with van der Waals surface area (Å²) in [5.74, 6) is -1.89. The number of alkyl halides is 2. The van der Waals surface area contributed by atoms with Crippen molar-refractivity contribution in [3.05, 3.63) is 35.6 Å². The molecule has 160 valence electrons. The SMILES string of the molecule is CN(C)C(=O)N1C[C@H]2CN(CC3CCC(F)(F)CC3)C[C@H]2[C@H]1c1cccc(F)c1. The van der Waals surface area contributed by atoms with Gasteiger partial charge in [-0.25, -0.2) is 18.0 Å². The number of likely N-dealkylation sites (tertiary alicyclic amines) is 2. The summed E-state index contributed by atoms with van der Waals surface area (Å²) in [7, 11) is 3.48. The van der Waals surface area contributed by atoms with Gasteiger partial charge in [0.15, 0.2) is 0 Å². The molecule has 0 unspecified atom stereocenters. The summed E-state index contributed by atoms with van der Waals surface area (Å²) in [5.41, 5.74) is 0.840. The van der Waals surface area contributed by atoms with Crippen LogP contribution in [0.2, 0.25) is 0 Å². The van der Waals surface area contributed by atoms with Crippen molar-refractivity contribution in [1.82, 2.24) is 14.7 Å². The molecular formula is C22H30F3N3O. The number of amides is 2. The fourth-order valence-electron chi connectivity index (χ4n) is 5.51. The minimum absolute atomic E-state index is 0.00457.